The maximum Gasteiger partial charge on any atom is 0.194 e. The highest BCUT2D eigenvalue weighted by Crippen LogP contribution is 2.38. The topological polar surface area (TPSA) is 57.2 Å². The molecule has 1 N–H and O–H groups in total. The monoisotopic (exact) mass is 658 g/mol. The lowest BCUT2D eigenvalue weighted by Gasteiger charge is -2.20. The van der Waals surface area contributed by atoms with E-state index in [1.165, 1.54) is 5.56 Å². The molecule has 0 spiro atoms. The Balaban J connectivity index is 1.55. The minimum atomic E-state index is -0.105. The van der Waals surface area contributed by atoms with Gasteiger partial charge in [0.2, 0.25) is 0 Å². The Morgan fingerprint density at radius 1 is 0.708 bits per heavy atom. The normalized spacial score (nSPS) is 12.5. The zero-order valence-corrected chi connectivity index (χ0v) is 29.4. The number of benzene rings is 5. The highest BCUT2D eigenvalue weighted by Gasteiger charge is 2.20. The average Bonchev–Trinajstić information content (AvgIpc) is 3.06. The van der Waals surface area contributed by atoms with E-state index in [0.717, 1.165) is 38.1 Å². The van der Waals surface area contributed by atoms with Crippen LogP contribution in [0.1, 0.15) is 47.1 Å². The number of allylic oxidation sites excluding steroid dienone is 4. The molecule has 0 aliphatic rings. The number of phenolic OH excluding ortho intramolecular Hbond substituents is 1. The highest BCUT2D eigenvalue weighted by molar-refractivity contribution is 7.56. The summed E-state index contributed by atoms with van der Waals surface area (Å²) in [5, 5.41) is 14.2. The smallest absolute Gasteiger partial charge is 0.194 e. The van der Waals surface area contributed by atoms with E-state index in [2.05, 4.69) is 66.3 Å². The number of fused-ring (bicyclic) bond motifs is 1. The van der Waals surface area contributed by atoms with E-state index in [1.54, 1.807) is 18.4 Å². The summed E-state index contributed by atoms with van der Waals surface area (Å²) in [6.07, 6.45) is 7.16. The Morgan fingerprint density at radius 2 is 1.35 bits per heavy atom. The summed E-state index contributed by atoms with van der Waals surface area (Å²) in [6.45, 7) is 16.8. The predicted octanol–water partition coefficient (Wildman–Crippen LogP) is 10.5. The lowest BCUT2D eigenvalue weighted by Crippen LogP contribution is -2.13. The van der Waals surface area contributed by atoms with Crippen molar-refractivity contribution in [2.24, 2.45) is 5.41 Å². The molecule has 0 fully saturated rings. The van der Waals surface area contributed by atoms with Crippen molar-refractivity contribution in [1.82, 2.24) is 0 Å². The quantitative estimate of drug-likeness (QED) is 0.0503. The lowest BCUT2D eigenvalue weighted by molar-refractivity contribution is -0.147. The molecule has 0 amide bonds. The van der Waals surface area contributed by atoms with Gasteiger partial charge in [-0.1, -0.05) is 148 Å². The van der Waals surface area contributed by atoms with Crippen molar-refractivity contribution in [3.8, 4) is 34.1 Å². The van der Waals surface area contributed by atoms with Gasteiger partial charge < -0.3 is 5.11 Å². The van der Waals surface area contributed by atoms with Crippen LogP contribution in [0.5, 0.6) is 23.0 Å². The van der Waals surface area contributed by atoms with Crippen molar-refractivity contribution in [2.75, 3.05) is 0 Å². The number of hydrogen-bond donors (Lipinski definition) is 1. The molecule has 0 saturated heterocycles. The van der Waals surface area contributed by atoms with Crippen LogP contribution in [0.3, 0.4) is 0 Å². The van der Waals surface area contributed by atoms with Gasteiger partial charge in [0.25, 0.3) is 0 Å². The molecule has 0 aliphatic heterocycles. The van der Waals surface area contributed by atoms with E-state index in [1.807, 2.05) is 91.0 Å². The van der Waals surface area contributed by atoms with Gasteiger partial charge in [-0.25, -0.2) is 0 Å². The zero-order valence-electron chi connectivity index (χ0n) is 28.4. The summed E-state index contributed by atoms with van der Waals surface area (Å²) in [6, 6.07) is 33.1. The molecular formula is C42H43O5P. The van der Waals surface area contributed by atoms with Crippen molar-refractivity contribution in [1.29, 1.82) is 0 Å². The van der Waals surface area contributed by atoms with Crippen molar-refractivity contribution < 1.29 is 24.7 Å². The van der Waals surface area contributed by atoms with Gasteiger partial charge in [0, 0.05) is 21.6 Å². The minimum Gasteiger partial charge on any atom is -0.507 e. The number of para-hydroxylation sites is 1. The molecule has 5 rings (SSSR count). The molecule has 5 aromatic carbocycles. The molecule has 5 aromatic rings. The maximum absolute atomic E-state index is 10.7. The fraction of sp³-hybridized carbons (Fsp3) is 0.190. The van der Waals surface area contributed by atoms with E-state index in [4.69, 9.17) is 19.6 Å². The molecule has 48 heavy (non-hydrogen) atoms. The minimum absolute atomic E-state index is 0.0294. The molecule has 6 heteroatoms. The van der Waals surface area contributed by atoms with E-state index in [9.17, 15) is 5.11 Å². The van der Waals surface area contributed by atoms with Gasteiger partial charge in [0.05, 0.1) is 0 Å². The Morgan fingerprint density at radius 3 is 2.02 bits per heavy atom. The molecule has 5 nitrogen and oxygen atoms in total. The van der Waals surface area contributed by atoms with Crippen LogP contribution in [0.2, 0.25) is 0 Å². The first kappa shape index (κ1) is 34.3. The van der Waals surface area contributed by atoms with Gasteiger partial charge in [-0.3, -0.25) is 19.6 Å². The van der Waals surface area contributed by atoms with E-state index < -0.39 is 0 Å². The van der Waals surface area contributed by atoms with Crippen molar-refractivity contribution in [3.63, 3.8) is 0 Å². The van der Waals surface area contributed by atoms with Gasteiger partial charge >= 0.3 is 0 Å². The molecule has 0 aromatic heterocycles. The van der Waals surface area contributed by atoms with Crippen molar-refractivity contribution >= 4 is 30.0 Å². The summed E-state index contributed by atoms with van der Waals surface area (Å²) in [7, 11) is 0.116. The zero-order chi connectivity index (χ0) is 34.3. The Hall–Kier alpha value is -4.99. The number of rotatable bonds is 11. The van der Waals surface area contributed by atoms with Crippen LogP contribution in [-0.4, -0.2) is 5.11 Å². The summed E-state index contributed by atoms with van der Waals surface area (Å²) >= 11 is 0. The molecule has 246 valence electrons. The molecule has 0 radical (unpaired) electrons. The Labute approximate surface area is 285 Å². The largest absolute Gasteiger partial charge is 0.507 e. The molecule has 0 saturated carbocycles. The third-order valence-corrected chi connectivity index (χ3v) is 9.24. The molecule has 1 atom stereocenters. The SMILES string of the molecule is C=C/C=C(\C=C/OOc1c(Pc2ccccc2-c2ccccc2O)cc(OOc2ccc(C(C)(C)C)cc2)c2ccccc12)C(C)(C)C. The average molecular weight is 659 g/mol. The fourth-order valence-electron chi connectivity index (χ4n) is 5.20. The summed E-state index contributed by atoms with van der Waals surface area (Å²) in [4.78, 5) is 23.8. The predicted molar refractivity (Wildman–Crippen MR) is 200 cm³/mol. The Bertz CT molecular complexity index is 1940. The van der Waals surface area contributed by atoms with Crippen LogP contribution in [-0.2, 0) is 10.3 Å². The third-order valence-electron chi connectivity index (χ3n) is 7.89. The van der Waals surface area contributed by atoms with E-state index in [0.29, 0.717) is 17.2 Å². The standard InChI is InChI=1S/C42H43O5P/c1-8-15-29(41(2,3)4)26-27-44-47-40-35-19-10-9-17-33(35)37(46-45-31-24-22-30(23-25-31)42(5,6)7)28-39(40)48-38-21-14-12-18-34(38)32-16-11-13-20-36(32)43/h8-28,43,48H,1H2,2-7H3/b27-26-,29-15+. The second kappa shape index (κ2) is 14.8. The van der Waals surface area contributed by atoms with Crippen molar-refractivity contribution in [2.45, 2.75) is 47.0 Å². The van der Waals surface area contributed by atoms with Gasteiger partial charge in [0.1, 0.15) is 12.0 Å². The van der Waals surface area contributed by atoms with Gasteiger partial charge in [-0.15, -0.1) is 0 Å². The second-order valence-electron chi connectivity index (χ2n) is 13.5. The highest BCUT2D eigenvalue weighted by atomic mass is 31.1. The van der Waals surface area contributed by atoms with Crippen LogP contribution in [0, 0.1) is 5.41 Å². The molecule has 0 bridgehead atoms. The van der Waals surface area contributed by atoms with Crippen LogP contribution in [0.4, 0.5) is 0 Å². The number of aromatic hydroxyl groups is 1. The lowest BCUT2D eigenvalue weighted by atomic mass is 9.86. The van der Waals surface area contributed by atoms with Crippen molar-refractivity contribution in [3.05, 3.63) is 145 Å². The second-order valence-corrected chi connectivity index (χ2v) is 14.8. The van der Waals surface area contributed by atoms with Crippen LogP contribution in [0.25, 0.3) is 21.9 Å². The molecule has 0 aliphatic carbocycles. The van der Waals surface area contributed by atoms with Crippen LogP contribution < -0.4 is 25.3 Å². The molecule has 1 unspecified atom stereocenters. The van der Waals surface area contributed by atoms with E-state index in [-0.39, 0.29) is 25.2 Å². The van der Waals surface area contributed by atoms with Gasteiger partial charge in [-0.2, -0.15) is 0 Å². The Kier molecular flexibility index (Phi) is 10.6. The first-order valence-electron chi connectivity index (χ1n) is 15.9. The van der Waals surface area contributed by atoms with Crippen LogP contribution in [0.15, 0.2) is 140 Å². The first-order chi connectivity index (χ1) is 23.0. The first-order valence-corrected chi connectivity index (χ1v) is 16.9. The third kappa shape index (κ3) is 8.29. The number of hydrogen-bond acceptors (Lipinski definition) is 5. The van der Waals surface area contributed by atoms with Gasteiger partial charge in [0.15, 0.2) is 17.2 Å². The van der Waals surface area contributed by atoms with Gasteiger partial charge in [-0.05, 0) is 63.2 Å². The number of phenols is 1. The summed E-state index contributed by atoms with van der Waals surface area (Å²) in [5.41, 5.74) is 3.85. The molecular weight excluding hydrogens is 615 g/mol. The van der Waals surface area contributed by atoms with Crippen LogP contribution >= 0.6 is 8.58 Å². The maximum atomic E-state index is 10.7. The fourth-order valence-corrected chi connectivity index (χ4v) is 6.52. The summed E-state index contributed by atoms with van der Waals surface area (Å²) < 4.78 is 0. The van der Waals surface area contributed by atoms with E-state index >= 15 is 0 Å². The summed E-state index contributed by atoms with van der Waals surface area (Å²) in [5.74, 6) is 1.92. The molecule has 0 heterocycles.